The second-order valence-corrected chi connectivity index (χ2v) is 2.88. The lowest BCUT2D eigenvalue weighted by molar-refractivity contribution is -0.137. The number of carboxylic acid groups (broad SMARTS) is 1. The van der Waals surface area contributed by atoms with Crippen LogP contribution in [0.4, 0.5) is 0 Å². The molecule has 0 aromatic carbocycles. The Hall–Kier alpha value is -1.07. The van der Waals surface area contributed by atoms with Gasteiger partial charge in [0.25, 0.3) is 5.35 Å². The van der Waals surface area contributed by atoms with Crippen molar-refractivity contribution in [1.82, 2.24) is 4.98 Å². The second kappa shape index (κ2) is 4.25. The van der Waals surface area contributed by atoms with Crippen LogP contribution in [0.2, 0.25) is 5.35 Å². The molecule has 0 bridgehead atoms. The molecular weight excluding hydrogens is 196 g/mol. The number of aliphatic carboxylic acids is 1. The zero-order chi connectivity index (χ0) is 9.84. The molecule has 0 radical (unpaired) electrons. The number of aromatic nitrogens is 1. The minimum Gasteiger partial charge on any atom is -0.481 e. The van der Waals surface area contributed by atoms with Crippen LogP contribution in [-0.4, -0.2) is 22.6 Å². The van der Waals surface area contributed by atoms with E-state index in [2.05, 4.69) is 4.98 Å². The molecule has 0 aliphatic carbocycles. The summed E-state index contributed by atoms with van der Waals surface area (Å²) in [7, 11) is 0. The highest BCUT2D eigenvalue weighted by Crippen LogP contribution is 2.19. The van der Waals surface area contributed by atoms with Crippen molar-refractivity contribution in [3.8, 4) is 0 Å². The van der Waals surface area contributed by atoms with Gasteiger partial charge in [0.1, 0.15) is 6.26 Å². The van der Waals surface area contributed by atoms with Crippen LogP contribution < -0.4 is 5.73 Å². The first kappa shape index (κ1) is 10.0. The van der Waals surface area contributed by atoms with Crippen molar-refractivity contribution < 1.29 is 14.3 Å². The summed E-state index contributed by atoms with van der Waals surface area (Å²) < 4.78 is 4.73. The fourth-order valence-corrected chi connectivity index (χ4v) is 1.11. The van der Waals surface area contributed by atoms with E-state index in [-0.39, 0.29) is 24.2 Å². The molecule has 0 saturated carbocycles. The number of nitrogens with zero attached hydrogens (tertiary/aromatic N) is 1. The van der Waals surface area contributed by atoms with Gasteiger partial charge in [-0.15, -0.1) is 0 Å². The predicted molar refractivity (Wildman–Crippen MR) is 45.6 cm³/mol. The highest BCUT2D eigenvalue weighted by atomic mass is 35.5. The van der Waals surface area contributed by atoms with Gasteiger partial charge in [-0.1, -0.05) is 0 Å². The van der Waals surface area contributed by atoms with Crippen LogP contribution in [0.3, 0.4) is 0 Å². The van der Waals surface area contributed by atoms with E-state index in [0.717, 1.165) is 0 Å². The van der Waals surface area contributed by atoms with Crippen LogP contribution in [0.25, 0.3) is 0 Å². The summed E-state index contributed by atoms with van der Waals surface area (Å²) in [6.07, 6.45) is 1.25. The number of hydrogen-bond acceptors (Lipinski definition) is 4. The third kappa shape index (κ3) is 2.71. The topological polar surface area (TPSA) is 89.4 Å². The highest BCUT2D eigenvalue weighted by molar-refractivity contribution is 6.27. The number of nitrogens with two attached hydrogens (primary N) is 1. The van der Waals surface area contributed by atoms with Gasteiger partial charge in [0, 0.05) is 12.5 Å². The lowest BCUT2D eigenvalue weighted by Crippen LogP contribution is -2.16. The van der Waals surface area contributed by atoms with Gasteiger partial charge in [-0.25, -0.2) is 4.98 Å². The van der Waals surface area contributed by atoms with Crippen molar-refractivity contribution in [2.45, 2.75) is 12.3 Å². The molecule has 1 aromatic rings. The van der Waals surface area contributed by atoms with E-state index in [1.54, 1.807) is 0 Å². The first-order valence-corrected chi connectivity index (χ1v) is 4.04. The molecule has 0 aliphatic heterocycles. The number of carboxylic acids is 1. The van der Waals surface area contributed by atoms with E-state index in [4.69, 9.17) is 26.9 Å². The Morgan fingerprint density at radius 2 is 2.54 bits per heavy atom. The Morgan fingerprint density at radius 3 is 2.92 bits per heavy atom. The standard InChI is InChI=1S/C7H9ClN2O3/c8-7-10-5(3-13-7)4(2-9)1-6(11)12/h3-4H,1-2,9H2,(H,11,12). The molecule has 0 spiro atoms. The van der Waals surface area contributed by atoms with Crippen LogP contribution in [0.15, 0.2) is 10.7 Å². The molecule has 0 aliphatic rings. The van der Waals surface area contributed by atoms with Crippen LogP contribution >= 0.6 is 11.6 Å². The molecule has 0 fully saturated rings. The summed E-state index contributed by atoms with van der Waals surface area (Å²) >= 11 is 5.43. The predicted octanol–water partition coefficient (Wildman–Crippen LogP) is 0.845. The minimum absolute atomic E-state index is 0.00108. The summed E-state index contributed by atoms with van der Waals surface area (Å²) in [6, 6.07) is 0. The van der Waals surface area contributed by atoms with Crippen LogP contribution in [0.5, 0.6) is 0 Å². The number of rotatable bonds is 4. The van der Waals surface area contributed by atoms with Gasteiger partial charge >= 0.3 is 5.97 Å². The summed E-state index contributed by atoms with van der Waals surface area (Å²) in [6.45, 7) is 0.204. The van der Waals surface area contributed by atoms with E-state index in [0.29, 0.717) is 5.69 Å². The van der Waals surface area contributed by atoms with Gasteiger partial charge in [0.05, 0.1) is 12.1 Å². The Balaban J connectivity index is 2.72. The Kier molecular flexibility index (Phi) is 3.27. The largest absolute Gasteiger partial charge is 0.481 e. The maximum absolute atomic E-state index is 10.4. The maximum Gasteiger partial charge on any atom is 0.304 e. The molecular formula is C7H9ClN2O3. The van der Waals surface area contributed by atoms with Crippen molar-refractivity contribution in [2.75, 3.05) is 6.54 Å². The average molecular weight is 205 g/mol. The summed E-state index contributed by atoms with van der Waals surface area (Å²) in [5.41, 5.74) is 5.86. The Labute approximate surface area is 79.5 Å². The smallest absolute Gasteiger partial charge is 0.304 e. The first-order valence-electron chi connectivity index (χ1n) is 3.66. The summed E-state index contributed by atoms with van der Waals surface area (Å²) in [5.74, 6) is -1.26. The molecule has 1 atom stereocenters. The normalized spacial score (nSPS) is 12.8. The van der Waals surface area contributed by atoms with Crippen molar-refractivity contribution in [3.05, 3.63) is 17.3 Å². The fraction of sp³-hybridized carbons (Fsp3) is 0.429. The maximum atomic E-state index is 10.4. The second-order valence-electron chi connectivity index (χ2n) is 2.56. The number of halogens is 1. The zero-order valence-corrected chi connectivity index (χ0v) is 7.49. The van der Waals surface area contributed by atoms with Gasteiger partial charge in [-0.3, -0.25) is 4.79 Å². The third-order valence-corrected chi connectivity index (χ3v) is 1.79. The lowest BCUT2D eigenvalue weighted by Gasteiger charge is -2.06. The molecule has 1 unspecified atom stereocenters. The van der Waals surface area contributed by atoms with E-state index < -0.39 is 5.97 Å². The number of hydrogen-bond donors (Lipinski definition) is 2. The van der Waals surface area contributed by atoms with Crippen molar-refractivity contribution in [1.29, 1.82) is 0 Å². The van der Waals surface area contributed by atoms with E-state index >= 15 is 0 Å². The van der Waals surface area contributed by atoms with Gasteiger partial charge in [0.15, 0.2) is 0 Å². The molecule has 5 nitrogen and oxygen atoms in total. The minimum atomic E-state index is -0.922. The quantitative estimate of drug-likeness (QED) is 0.759. The molecule has 72 valence electrons. The molecule has 1 aromatic heterocycles. The van der Waals surface area contributed by atoms with Crippen molar-refractivity contribution >= 4 is 17.6 Å². The van der Waals surface area contributed by atoms with Crippen molar-refractivity contribution in [2.24, 2.45) is 5.73 Å². The van der Waals surface area contributed by atoms with Crippen LogP contribution in [0, 0.1) is 0 Å². The van der Waals surface area contributed by atoms with Crippen LogP contribution in [0.1, 0.15) is 18.0 Å². The monoisotopic (exact) mass is 204 g/mol. The lowest BCUT2D eigenvalue weighted by atomic mass is 10.0. The van der Waals surface area contributed by atoms with E-state index in [1.165, 1.54) is 6.26 Å². The van der Waals surface area contributed by atoms with Gasteiger partial charge in [-0.05, 0) is 11.6 Å². The molecule has 6 heteroatoms. The first-order chi connectivity index (χ1) is 6.13. The van der Waals surface area contributed by atoms with Gasteiger partial charge in [0.2, 0.25) is 0 Å². The Bertz CT molecular complexity index is 300. The Morgan fingerprint density at radius 1 is 1.85 bits per heavy atom. The highest BCUT2D eigenvalue weighted by Gasteiger charge is 2.17. The molecule has 13 heavy (non-hydrogen) atoms. The molecule has 0 amide bonds. The zero-order valence-electron chi connectivity index (χ0n) is 6.74. The van der Waals surface area contributed by atoms with E-state index in [1.807, 2.05) is 0 Å². The molecule has 1 rings (SSSR count). The molecule has 0 saturated heterocycles. The van der Waals surface area contributed by atoms with Gasteiger partial charge in [-0.2, -0.15) is 0 Å². The SMILES string of the molecule is NCC(CC(=O)O)c1coc(Cl)n1. The number of oxazole rings is 1. The van der Waals surface area contributed by atoms with E-state index in [9.17, 15) is 4.79 Å². The average Bonchev–Trinajstić information content (AvgIpc) is 2.47. The number of carbonyl (C=O) groups is 1. The van der Waals surface area contributed by atoms with Gasteiger partial charge < -0.3 is 15.3 Å². The van der Waals surface area contributed by atoms with Crippen molar-refractivity contribution in [3.63, 3.8) is 0 Å². The molecule has 1 heterocycles. The third-order valence-electron chi connectivity index (χ3n) is 1.62. The molecule has 3 N–H and O–H groups in total. The summed E-state index contributed by atoms with van der Waals surface area (Å²) in [5, 5.41) is 8.54. The summed E-state index contributed by atoms with van der Waals surface area (Å²) in [4.78, 5) is 14.2. The fourth-order valence-electron chi connectivity index (χ4n) is 0.970. The van der Waals surface area contributed by atoms with Crippen LogP contribution in [-0.2, 0) is 4.79 Å².